The van der Waals surface area contributed by atoms with Crippen LogP contribution in [0.5, 0.6) is 0 Å². The number of rotatable bonds is 3. The number of hydrogen-bond donors (Lipinski definition) is 1. The van der Waals surface area contributed by atoms with E-state index in [9.17, 15) is 4.21 Å². The molecule has 1 aromatic rings. The lowest BCUT2D eigenvalue weighted by molar-refractivity contribution is 0.473. The molecule has 4 heteroatoms. The molecule has 1 unspecified atom stereocenters. The lowest BCUT2D eigenvalue weighted by Gasteiger charge is -2.29. The summed E-state index contributed by atoms with van der Waals surface area (Å²) >= 11 is 0. The van der Waals surface area contributed by atoms with Crippen LogP contribution < -0.4 is 4.72 Å². The minimum atomic E-state index is -1.10. The van der Waals surface area contributed by atoms with Crippen molar-refractivity contribution < 1.29 is 4.21 Å². The highest BCUT2D eigenvalue weighted by Crippen LogP contribution is 2.21. The zero-order valence-corrected chi connectivity index (χ0v) is 12.3. The average Bonchev–Trinajstić information content (AvgIpc) is 2.16. The largest absolute Gasteiger partial charge is 0.259 e. The summed E-state index contributed by atoms with van der Waals surface area (Å²) in [5.74, 6) is 0. The first kappa shape index (κ1) is 14.3. The van der Waals surface area contributed by atoms with Crippen molar-refractivity contribution in [3.05, 3.63) is 29.6 Å². The highest BCUT2D eigenvalue weighted by Gasteiger charge is 2.29. The summed E-state index contributed by atoms with van der Waals surface area (Å²) in [5, 5.41) is 0. The molecule has 0 aromatic carbocycles. The molecule has 1 aromatic heterocycles. The van der Waals surface area contributed by atoms with Gasteiger partial charge in [0, 0.05) is 6.20 Å². The molecule has 0 saturated heterocycles. The van der Waals surface area contributed by atoms with Crippen LogP contribution in [0.3, 0.4) is 0 Å². The fraction of sp³-hybridized carbons (Fsp3) is 0.615. The maximum atomic E-state index is 12.1. The van der Waals surface area contributed by atoms with E-state index in [2.05, 4.69) is 9.71 Å². The second kappa shape index (κ2) is 4.86. The average molecular weight is 254 g/mol. The van der Waals surface area contributed by atoms with Crippen LogP contribution >= 0.6 is 0 Å². The van der Waals surface area contributed by atoms with E-state index in [1.165, 1.54) is 0 Å². The Morgan fingerprint density at radius 2 is 1.76 bits per heavy atom. The van der Waals surface area contributed by atoms with Gasteiger partial charge in [0.05, 0.1) is 27.0 Å². The molecule has 1 atom stereocenters. The SMILES string of the molecule is Cc1ccc(C(C)(C)NS(=O)C(C)(C)C)nc1. The van der Waals surface area contributed by atoms with Crippen molar-refractivity contribution in [1.29, 1.82) is 0 Å². The highest BCUT2D eigenvalue weighted by molar-refractivity contribution is 7.84. The van der Waals surface area contributed by atoms with E-state index in [1.54, 1.807) is 0 Å². The van der Waals surface area contributed by atoms with E-state index in [0.717, 1.165) is 11.3 Å². The lowest BCUT2D eigenvalue weighted by atomic mass is 10.0. The third-order valence-corrected chi connectivity index (χ3v) is 4.26. The number of hydrogen-bond acceptors (Lipinski definition) is 2. The van der Waals surface area contributed by atoms with Crippen LogP contribution in [0.2, 0.25) is 0 Å². The van der Waals surface area contributed by atoms with Crippen molar-refractivity contribution >= 4 is 11.0 Å². The second-order valence-corrected chi connectivity index (χ2v) is 7.80. The van der Waals surface area contributed by atoms with Gasteiger partial charge in [0.15, 0.2) is 0 Å². The molecule has 0 aliphatic rings. The van der Waals surface area contributed by atoms with Gasteiger partial charge in [0.2, 0.25) is 0 Å². The van der Waals surface area contributed by atoms with Crippen LogP contribution in [0.1, 0.15) is 45.9 Å². The zero-order valence-electron chi connectivity index (χ0n) is 11.5. The van der Waals surface area contributed by atoms with Crippen molar-refractivity contribution in [3.63, 3.8) is 0 Å². The Morgan fingerprint density at radius 1 is 1.18 bits per heavy atom. The summed E-state index contributed by atoms with van der Waals surface area (Å²) in [6.45, 7) is 11.9. The quantitative estimate of drug-likeness (QED) is 0.901. The first-order chi connectivity index (χ1) is 7.63. The van der Waals surface area contributed by atoms with E-state index in [0.29, 0.717) is 0 Å². The fourth-order valence-corrected chi connectivity index (χ4v) is 2.15. The number of pyridine rings is 1. The summed E-state index contributed by atoms with van der Waals surface area (Å²) in [4.78, 5) is 4.39. The fourth-order valence-electron chi connectivity index (χ4n) is 1.27. The standard InChI is InChI=1S/C13H22N2OS/c1-10-7-8-11(14-9-10)13(5,6)15-17(16)12(2,3)4/h7-9,15H,1-6H3. The van der Waals surface area contributed by atoms with E-state index in [-0.39, 0.29) is 4.75 Å². The van der Waals surface area contributed by atoms with Gasteiger partial charge in [0.25, 0.3) is 0 Å². The van der Waals surface area contributed by atoms with E-state index >= 15 is 0 Å². The number of aryl methyl sites for hydroxylation is 1. The minimum Gasteiger partial charge on any atom is -0.259 e. The third-order valence-electron chi connectivity index (χ3n) is 2.46. The van der Waals surface area contributed by atoms with Gasteiger partial charge < -0.3 is 0 Å². The van der Waals surface area contributed by atoms with Gasteiger partial charge in [-0.05, 0) is 53.2 Å². The molecule has 0 bridgehead atoms. The molecular weight excluding hydrogens is 232 g/mol. The van der Waals surface area contributed by atoms with Gasteiger partial charge in [-0.3, -0.25) is 4.98 Å². The molecule has 0 aliphatic carbocycles. The summed E-state index contributed by atoms with van der Waals surface area (Å²) in [7, 11) is -1.10. The Kier molecular flexibility index (Phi) is 4.10. The maximum Gasteiger partial charge on any atom is 0.0978 e. The van der Waals surface area contributed by atoms with Crippen molar-refractivity contribution in [2.75, 3.05) is 0 Å². The smallest absolute Gasteiger partial charge is 0.0978 e. The molecule has 0 aliphatic heterocycles. The van der Waals surface area contributed by atoms with Crippen LogP contribution in [0.4, 0.5) is 0 Å². The van der Waals surface area contributed by atoms with E-state index in [1.807, 2.05) is 59.9 Å². The molecular formula is C13H22N2OS. The third kappa shape index (κ3) is 3.89. The molecule has 17 heavy (non-hydrogen) atoms. The minimum absolute atomic E-state index is 0.276. The van der Waals surface area contributed by atoms with Gasteiger partial charge >= 0.3 is 0 Å². The normalized spacial score (nSPS) is 14.7. The summed E-state index contributed by atoms with van der Waals surface area (Å²) < 4.78 is 15.0. The summed E-state index contributed by atoms with van der Waals surface area (Å²) in [6, 6.07) is 3.99. The van der Waals surface area contributed by atoms with Crippen molar-refractivity contribution in [2.45, 2.75) is 51.8 Å². The molecule has 1 rings (SSSR count). The predicted molar refractivity (Wildman–Crippen MR) is 73.0 cm³/mol. The molecule has 3 nitrogen and oxygen atoms in total. The van der Waals surface area contributed by atoms with Crippen LogP contribution in [-0.4, -0.2) is 13.9 Å². The Balaban J connectivity index is 2.89. The van der Waals surface area contributed by atoms with E-state index in [4.69, 9.17) is 0 Å². The lowest BCUT2D eigenvalue weighted by Crippen LogP contribution is -2.44. The van der Waals surface area contributed by atoms with Gasteiger partial charge in [-0.1, -0.05) is 6.07 Å². The van der Waals surface area contributed by atoms with Gasteiger partial charge in [-0.25, -0.2) is 8.93 Å². The second-order valence-electron chi connectivity index (χ2n) is 5.83. The van der Waals surface area contributed by atoms with Crippen LogP contribution in [-0.2, 0) is 16.5 Å². The van der Waals surface area contributed by atoms with E-state index < -0.39 is 16.5 Å². The molecule has 0 spiro atoms. The van der Waals surface area contributed by atoms with Crippen LogP contribution in [0.25, 0.3) is 0 Å². The maximum absolute atomic E-state index is 12.1. The molecule has 0 radical (unpaired) electrons. The number of nitrogens with one attached hydrogen (secondary N) is 1. The topological polar surface area (TPSA) is 42.0 Å². The van der Waals surface area contributed by atoms with Crippen LogP contribution in [0, 0.1) is 6.92 Å². The molecule has 1 heterocycles. The van der Waals surface area contributed by atoms with Crippen LogP contribution in [0.15, 0.2) is 18.3 Å². The van der Waals surface area contributed by atoms with Crippen molar-refractivity contribution in [3.8, 4) is 0 Å². The van der Waals surface area contributed by atoms with Gasteiger partial charge in [0.1, 0.15) is 0 Å². The van der Waals surface area contributed by atoms with Gasteiger partial charge in [-0.2, -0.15) is 0 Å². The molecule has 96 valence electrons. The number of aromatic nitrogens is 1. The van der Waals surface area contributed by atoms with Gasteiger partial charge in [-0.15, -0.1) is 0 Å². The molecule has 0 fully saturated rings. The molecule has 1 N–H and O–H groups in total. The van der Waals surface area contributed by atoms with Crippen molar-refractivity contribution in [1.82, 2.24) is 9.71 Å². The first-order valence-corrected chi connectivity index (χ1v) is 6.91. The molecule has 0 saturated carbocycles. The highest BCUT2D eigenvalue weighted by atomic mass is 32.2. The first-order valence-electron chi connectivity index (χ1n) is 5.76. The zero-order chi connectivity index (χ0) is 13.3. The predicted octanol–water partition coefficient (Wildman–Crippen LogP) is 2.68. The Bertz CT molecular complexity index is 404. The molecule has 0 amide bonds. The Morgan fingerprint density at radius 3 is 2.18 bits per heavy atom. The van der Waals surface area contributed by atoms with Crippen molar-refractivity contribution in [2.24, 2.45) is 0 Å². The Hall–Kier alpha value is -0.740. The Labute approximate surface area is 107 Å². The monoisotopic (exact) mass is 254 g/mol. The summed E-state index contributed by atoms with van der Waals surface area (Å²) in [6.07, 6.45) is 1.83. The summed E-state index contributed by atoms with van der Waals surface area (Å²) in [5.41, 5.74) is 1.63. The number of nitrogens with zero attached hydrogens (tertiary/aromatic N) is 1.